The minimum Gasteiger partial charge on any atom is -0.316 e. The highest BCUT2D eigenvalue weighted by atomic mass is 35.5. The molecule has 2 rings (SSSR count). The lowest BCUT2D eigenvalue weighted by molar-refractivity contribution is -0.126. The summed E-state index contributed by atoms with van der Waals surface area (Å²) in [6.45, 7) is 3.76. The van der Waals surface area contributed by atoms with E-state index in [0.717, 1.165) is 25.1 Å². The largest absolute Gasteiger partial charge is 0.316 e. The Morgan fingerprint density at radius 2 is 2.25 bits per heavy atom. The molecule has 1 atom stereocenters. The minimum atomic E-state index is -0.209. The maximum atomic E-state index is 12.2. The summed E-state index contributed by atoms with van der Waals surface area (Å²) in [4.78, 5) is 12.2. The van der Waals surface area contributed by atoms with Gasteiger partial charge in [-0.05, 0) is 24.6 Å². The van der Waals surface area contributed by atoms with Gasteiger partial charge in [0.1, 0.15) is 5.78 Å². The molecular weight excluding hydrogens is 222 g/mol. The van der Waals surface area contributed by atoms with E-state index >= 15 is 0 Å². The van der Waals surface area contributed by atoms with Gasteiger partial charge in [0.15, 0.2) is 0 Å². The Labute approximate surface area is 101 Å². The second kappa shape index (κ2) is 4.56. The van der Waals surface area contributed by atoms with Gasteiger partial charge >= 0.3 is 0 Å². The molecule has 3 heteroatoms. The second-order valence-corrected chi connectivity index (χ2v) is 5.09. The van der Waals surface area contributed by atoms with Crippen molar-refractivity contribution in [3.63, 3.8) is 0 Å². The molecule has 2 nitrogen and oxygen atoms in total. The summed E-state index contributed by atoms with van der Waals surface area (Å²) in [5, 5.41) is 3.93. The molecule has 0 spiro atoms. The summed E-state index contributed by atoms with van der Waals surface area (Å²) < 4.78 is 0. The summed E-state index contributed by atoms with van der Waals surface area (Å²) in [7, 11) is 0. The Kier molecular flexibility index (Phi) is 3.31. The van der Waals surface area contributed by atoms with Gasteiger partial charge in [-0.2, -0.15) is 0 Å². The van der Waals surface area contributed by atoms with Crippen molar-refractivity contribution in [2.45, 2.75) is 19.8 Å². The number of rotatable bonds is 3. The number of carbonyl (C=O) groups excluding carboxylic acids is 1. The van der Waals surface area contributed by atoms with Crippen molar-refractivity contribution in [1.29, 1.82) is 0 Å². The molecule has 1 aliphatic heterocycles. The third-order valence-corrected chi connectivity index (χ3v) is 3.72. The number of benzene rings is 1. The predicted molar refractivity (Wildman–Crippen MR) is 65.8 cm³/mol. The third kappa shape index (κ3) is 2.28. The second-order valence-electron chi connectivity index (χ2n) is 4.68. The highest BCUT2D eigenvalue weighted by Gasteiger charge is 2.35. The highest BCUT2D eigenvalue weighted by Crippen LogP contribution is 2.28. The predicted octanol–water partition coefficient (Wildman–Crippen LogP) is 2.45. The van der Waals surface area contributed by atoms with E-state index in [4.69, 9.17) is 11.6 Å². The lowest BCUT2D eigenvalue weighted by Crippen LogP contribution is -2.31. The molecule has 0 aliphatic carbocycles. The molecule has 1 saturated heterocycles. The van der Waals surface area contributed by atoms with E-state index in [2.05, 4.69) is 5.32 Å². The standard InChI is InChI=1S/C13H16ClNO/c1-13(6-7-15-9-13)12(16)8-10-4-2-3-5-11(10)14/h2-5,15H,6-9H2,1H3. The molecule has 1 N–H and O–H groups in total. The van der Waals surface area contributed by atoms with E-state index in [1.807, 2.05) is 31.2 Å². The monoisotopic (exact) mass is 237 g/mol. The molecule has 1 aromatic carbocycles. The van der Waals surface area contributed by atoms with E-state index in [1.54, 1.807) is 0 Å². The van der Waals surface area contributed by atoms with E-state index in [-0.39, 0.29) is 11.2 Å². The number of hydrogen-bond acceptors (Lipinski definition) is 2. The zero-order valence-electron chi connectivity index (χ0n) is 9.42. The minimum absolute atomic E-state index is 0.209. The van der Waals surface area contributed by atoms with E-state index in [0.29, 0.717) is 11.4 Å². The Morgan fingerprint density at radius 3 is 2.88 bits per heavy atom. The molecule has 0 bridgehead atoms. The summed E-state index contributed by atoms with van der Waals surface area (Å²) in [5.74, 6) is 0.283. The summed E-state index contributed by atoms with van der Waals surface area (Å²) in [6.07, 6.45) is 1.37. The van der Waals surface area contributed by atoms with Crippen LogP contribution in [0.4, 0.5) is 0 Å². The SMILES string of the molecule is CC1(C(=O)Cc2ccccc2Cl)CCNC1. The fourth-order valence-electron chi connectivity index (χ4n) is 2.08. The Balaban J connectivity index is 2.10. The van der Waals surface area contributed by atoms with Crippen LogP contribution in [0.25, 0.3) is 0 Å². The first-order valence-corrected chi connectivity index (χ1v) is 5.97. The average molecular weight is 238 g/mol. The van der Waals surface area contributed by atoms with Gasteiger partial charge < -0.3 is 5.32 Å². The summed E-state index contributed by atoms with van der Waals surface area (Å²) in [5.41, 5.74) is 0.724. The molecule has 86 valence electrons. The number of halogens is 1. The molecule has 1 unspecified atom stereocenters. The number of nitrogens with one attached hydrogen (secondary N) is 1. The maximum Gasteiger partial charge on any atom is 0.144 e. The number of carbonyl (C=O) groups is 1. The zero-order chi connectivity index (χ0) is 11.6. The highest BCUT2D eigenvalue weighted by molar-refractivity contribution is 6.31. The normalized spacial score (nSPS) is 24.6. The van der Waals surface area contributed by atoms with Crippen LogP contribution in [0.5, 0.6) is 0 Å². The number of hydrogen-bond donors (Lipinski definition) is 1. The lowest BCUT2D eigenvalue weighted by atomic mass is 9.82. The fourth-order valence-corrected chi connectivity index (χ4v) is 2.29. The van der Waals surface area contributed by atoms with Gasteiger partial charge in [-0.1, -0.05) is 36.7 Å². The van der Waals surface area contributed by atoms with Crippen LogP contribution in [-0.2, 0) is 11.2 Å². The average Bonchev–Trinajstić information content (AvgIpc) is 2.70. The smallest absolute Gasteiger partial charge is 0.144 e. The maximum absolute atomic E-state index is 12.2. The van der Waals surface area contributed by atoms with E-state index in [9.17, 15) is 4.79 Å². The molecule has 16 heavy (non-hydrogen) atoms. The van der Waals surface area contributed by atoms with Crippen molar-refractivity contribution in [2.75, 3.05) is 13.1 Å². The van der Waals surface area contributed by atoms with Crippen molar-refractivity contribution >= 4 is 17.4 Å². The van der Waals surface area contributed by atoms with Crippen molar-refractivity contribution in [3.05, 3.63) is 34.9 Å². The lowest BCUT2D eigenvalue weighted by Gasteiger charge is -2.21. The molecule has 0 aromatic heterocycles. The summed E-state index contributed by atoms with van der Waals surface area (Å²) >= 11 is 6.05. The fraction of sp³-hybridized carbons (Fsp3) is 0.462. The topological polar surface area (TPSA) is 29.1 Å². The molecule has 1 fully saturated rings. The van der Waals surface area contributed by atoms with Crippen LogP contribution in [-0.4, -0.2) is 18.9 Å². The van der Waals surface area contributed by atoms with E-state index in [1.165, 1.54) is 0 Å². The van der Waals surface area contributed by atoms with Crippen molar-refractivity contribution < 1.29 is 4.79 Å². The molecule has 1 aliphatic rings. The zero-order valence-corrected chi connectivity index (χ0v) is 10.2. The molecular formula is C13H16ClNO. The van der Waals surface area contributed by atoms with Crippen LogP contribution < -0.4 is 5.32 Å². The molecule has 0 radical (unpaired) electrons. The van der Waals surface area contributed by atoms with Crippen molar-refractivity contribution in [1.82, 2.24) is 5.32 Å². The Morgan fingerprint density at radius 1 is 1.50 bits per heavy atom. The quantitative estimate of drug-likeness (QED) is 0.875. The van der Waals surface area contributed by atoms with Crippen molar-refractivity contribution in [3.8, 4) is 0 Å². The van der Waals surface area contributed by atoms with E-state index < -0.39 is 0 Å². The van der Waals surface area contributed by atoms with Gasteiger partial charge in [-0.3, -0.25) is 4.79 Å². The number of ketones is 1. The van der Waals surface area contributed by atoms with Crippen LogP contribution >= 0.6 is 11.6 Å². The van der Waals surface area contributed by atoms with Crippen molar-refractivity contribution in [2.24, 2.45) is 5.41 Å². The van der Waals surface area contributed by atoms with Gasteiger partial charge in [0.2, 0.25) is 0 Å². The first-order valence-electron chi connectivity index (χ1n) is 5.59. The van der Waals surface area contributed by atoms with Gasteiger partial charge in [0.05, 0.1) is 0 Å². The first kappa shape index (κ1) is 11.6. The van der Waals surface area contributed by atoms with Crippen LogP contribution in [0.15, 0.2) is 24.3 Å². The number of Topliss-reactive ketones (excluding diaryl/α,β-unsaturated/α-hetero) is 1. The van der Waals surface area contributed by atoms with Crippen LogP contribution in [0, 0.1) is 5.41 Å². The first-order chi connectivity index (χ1) is 7.62. The van der Waals surface area contributed by atoms with Crippen LogP contribution in [0.1, 0.15) is 18.9 Å². The molecule has 0 amide bonds. The third-order valence-electron chi connectivity index (χ3n) is 3.35. The molecule has 0 saturated carbocycles. The Hall–Kier alpha value is -0.860. The van der Waals surface area contributed by atoms with Gasteiger partial charge in [-0.25, -0.2) is 0 Å². The molecule has 1 heterocycles. The van der Waals surface area contributed by atoms with Gasteiger partial charge in [-0.15, -0.1) is 0 Å². The van der Waals surface area contributed by atoms with Crippen LogP contribution in [0.3, 0.4) is 0 Å². The van der Waals surface area contributed by atoms with Gasteiger partial charge in [0, 0.05) is 23.4 Å². The van der Waals surface area contributed by atoms with Gasteiger partial charge in [0.25, 0.3) is 0 Å². The Bertz CT molecular complexity index is 397. The summed E-state index contributed by atoms with van der Waals surface area (Å²) in [6, 6.07) is 7.56. The van der Waals surface area contributed by atoms with Crippen LogP contribution in [0.2, 0.25) is 5.02 Å². The molecule has 1 aromatic rings.